The fraction of sp³-hybridized carbons (Fsp3) is 0.286. The van der Waals surface area contributed by atoms with Gasteiger partial charge in [0.25, 0.3) is 0 Å². The van der Waals surface area contributed by atoms with Crippen LogP contribution < -0.4 is 0 Å². The Balaban J connectivity index is 1.90. The lowest BCUT2D eigenvalue weighted by atomic mass is 10.2. The average Bonchev–Trinajstić information content (AvgIpc) is 3.02. The molecule has 0 unspecified atom stereocenters. The summed E-state index contributed by atoms with van der Waals surface area (Å²) in [4.78, 5) is 12.1. The van der Waals surface area contributed by atoms with E-state index in [1.807, 2.05) is 26.1 Å². The lowest BCUT2D eigenvalue weighted by Crippen LogP contribution is -2.01. The molecule has 3 aromatic heterocycles. The van der Waals surface area contributed by atoms with Crippen molar-refractivity contribution in [1.29, 1.82) is 0 Å². The van der Waals surface area contributed by atoms with E-state index in [0.717, 1.165) is 27.3 Å². The van der Waals surface area contributed by atoms with Crippen molar-refractivity contribution in [1.82, 2.24) is 15.0 Å². The normalized spacial score (nSPS) is 11.5. The first kappa shape index (κ1) is 12.3. The highest BCUT2D eigenvalue weighted by Gasteiger charge is 2.10. The molecule has 0 aliphatic carbocycles. The number of nitrogens with zero attached hydrogens (tertiary/aromatic N) is 2. The minimum absolute atomic E-state index is 0.227. The van der Waals surface area contributed by atoms with Gasteiger partial charge >= 0.3 is 0 Å². The van der Waals surface area contributed by atoms with Gasteiger partial charge in [-0.15, -0.1) is 11.3 Å². The smallest absolute Gasteiger partial charge is 0.137 e. The van der Waals surface area contributed by atoms with E-state index in [9.17, 15) is 0 Å². The first-order valence-electron chi connectivity index (χ1n) is 6.22. The Bertz CT molecular complexity index is 687. The molecule has 0 atom stereocenters. The topological polar surface area (TPSA) is 50.8 Å². The molecule has 0 aliphatic heterocycles. The lowest BCUT2D eigenvalue weighted by molar-refractivity contribution is 0.0656. The van der Waals surface area contributed by atoms with Gasteiger partial charge in [-0.25, -0.2) is 9.97 Å². The fourth-order valence-electron chi connectivity index (χ4n) is 1.91. The summed E-state index contributed by atoms with van der Waals surface area (Å²) in [6.45, 7) is 4.63. The number of ether oxygens (including phenoxy) is 1. The Morgan fingerprint density at radius 3 is 3.16 bits per heavy atom. The van der Waals surface area contributed by atoms with Crippen LogP contribution in [0.4, 0.5) is 0 Å². The number of aromatic amines is 1. The summed E-state index contributed by atoms with van der Waals surface area (Å²) in [6, 6.07) is 3.99. The van der Waals surface area contributed by atoms with E-state index < -0.39 is 0 Å². The molecule has 3 heterocycles. The zero-order valence-corrected chi connectivity index (χ0v) is 11.7. The molecule has 0 radical (unpaired) electrons. The zero-order valence-electron chi connectivity index (χ0n) is 10.9. The predicted octanol–water partition coefficient (Wildman–Crippen LogP) is 3.61. The summed E-state index contributed by atoms with van der Waals surface area (Å²) in [5.74, 6) is 0. The summed E-state index contributed by atoms with van der Waals surface area (Å²) >= 11 is 1.63. The highest BCUT2D eigenvalue weighted by molar-refractivity contribution is 7.09. The number of aromatic nitrogens is 3. The Morgan fingerprint density at radius 1 is 1.42 bits per heavy atom. The van der Waals surface area contributed by atoms with Crippen LogP contribution in [0.3, 0.4) is 0 Å². The van der Waals surface area contributed by atoms with E-state index in [1.54, 1.807) is 17.5 Å². The van der Waals surface area contributed by atoms with Gasteiger partial charge in [0.2, 0.25) is 0 Å². The van der Waals surface area contributed by atoms with Crippen LogP contribution in [0.25, 0.3) is 22.3 Å². The van der Waals surface area contributed by atoms with Crippen LogP contribution in [-0.2, 0) is 11.3 Å². The van der Waals surface area contributed by atoms with Gasteiger partial charge in [-0.2, -0.15) is 0 Å². The maximum absolute atomic E-state index is 5.57. The first-order valence-corrected chi connectivity index (χ1v) is 7.10. The molecule has 0 aromatic carbocycles. The Hall–Kier alpha value is -1.72. The van der Waals surface area contributed by atoms with Crippen LogP contribution in [0.1, 0.15) is 18.9 Å². The Kier molecular flexibility index (Phi) is 3.31. The van der Waals surface area contributed by atoms with Gasteiger partial charge in [0, 0.05) is 28.7 Å². The minimum Gasteiger partial charge on any atom is -0.372 e. The maximum atomic E-state index is 5.57. The highest BCUT2D eigenvalue weighted by Crippen LogP contribution is 2.28. The third-order valence-corrected chi connectivity index (χ3v) is 3.64. The molecule has 0 saturated heterocycles. The molecule has 0 bridgehead atoms. The van der Waals surface area contributed by atoms with Crippen molar-refractivity contribution in [3.63, 3.8) is 0 Å². The number of hydrogen-bond donors (Lipinski definition) is 1. The predicted molar refractivity (Wildman–Crippen MR) is 77.1 cm³/mol. The van der Waals surface area contributed by atoms with Gasteiger partial charge in [-0.05, 0) is 26.0 Å². The molecule has 98 valence electrons. The number of thiazole rings is 1. The molecule has 3 rings (SSSR count). The Labute approximate surface area is 115 Å². The summed E-state index contributed by atoms with van der Waals surface area (Å²) in [6.07, 6.45) is 3.97. The minimum atomic E-state index is 0.227. The second kappa shape index (κ2) is 5.11. The standard InChI is InChI=1S/C14H15N3OS/c1-9(2)18-7-13-17-12(8-19-13)11-6-16-14-10(11)4-3-5-15-14/h3-6,8-9H,7H2,1-2H3,(H,15,16). The summed E-state index contributed by atoms with van der Waals surface area (Å²) in [5.41, 5.74) is 2.97. The number of rotatable bonds is 4. The summed E-state index contributed by atoms with van der Waals surface area (Å²) < 4.78 is 5.57. The number of H-pyrrole nitrogens is 1. The van der Waals surface area contributed by atoms with Gasteiger partial charge in [0.15, 0.2) is 0 Å². The van der Waals surface area contributed by atoms with E-state index in [4.69, 9.17) is 4.74 Å². The van der Waals surface area contributed by atoms with Crippen molar-refractivity contribution >= 4 is 22.4 Å². The van der Waals surface area contributed by atoms with Crippen LogP contribution in [0.5, 0.6) is 0 Å². The van der Waals surface area contributed by atoms with Crippen molar-refractivity contribution in [2.75, 3.05) is 0 Å². The van der Waals surface area contributed by atoms with Gasteiger partial charge in [0.1, 0.15) is 10.7 Å². The van der Waals surface area contributed by atoms with E-state index >= 15 is 0 Å². The quantitative estimate of drug-likeness (QED) is 0.790. The zero-order chi connectivity index (χ0) is 13.2. The number of nitrogens with one attached hydrogen (secondary N) is 1. The van der Waals surface area contributed by atoms with Crippen molar-refractivity contribution in [3.05, 3.63) is 34.9 Å². The van der Waals surface area contributed by atoms with Crippen molar-refractivity contribution in [2.24, 2.45) is 0 Å². The van der Waals surface area contributed by atoms with E-state index in [2.05, 4.69) is 26.4 Å². The summed E-state index contributed by atoms with van der Waals surface area (Å²) in [5, 5.41) is 4.17. The molecule has 4 nitrogen and oxygen atoms in total. The van der Waals surface area contributed by atoms with Crippen molar-refractivity contribution < 1.29 is 4.74 Å². The van der Waals surface area contributed by atoms with E-state index in [1.165, 1.54) is 0 Å². The maximum Gasteiger partial charge on any atom is 0.137 e. The van der Waals surface area contributed by atoms with E-state index in [-0.39, 0.29) is 6.10 Å². The molecule has 5 heteroatoms. The van der Waals surface area contributed by atoms with Gasteiger partial charge in [0.05, 0.1) is 18.4 Å². The van der Waals surface area contributed by atoms with Crippen molar-refractivity contribution in [2.45, 2.75) is 26.6 Å². The lowest BCUT2D eigenvalue weighted by Gasteiger charge is -2.03. The third kappa shape index (κ3) is 2.52. The molecule has 1 N–H and O–H groups in total. The molecular formula is C14H15N3OS. The van der Waals surface area contributed by atoms with Crippen LogP contribution in [0.15, 0.2) is 29.9 Å². The molecule has 0 amide bonds. The van der Waals surface area contributed by atoms with Crippen LogP contribution >= 0.6 is 11.3 Å². The van der Waals surface area contributed by atoms with Gasteiger partial charge in [-0.1, -0.05) is 0 Å². The van der Waals surface area contributed by atoms with Crippen molar-refractivity contribution in [3.8, 4) is 11.3 Å². The summed E-state index contributed by atoms with van der Waals surface area (Å²) in [7, 11) is 0. The van der Waals surface area contributed by atoms with Crippen LogP contribution in [0, 0.1) is 0 Å². The number of fused-ring (bicyclic) bond motifs is 1. The van der Waals surface area contributed by atoms with Gasteiger partial charge < -0.3 is 9.72 Å². The molecule has 0 aliphatic rings. The third-order valence-electron chi connectivity index (χ3n) is 2.82. The van der Waals surface area contributed by atoms with E-state index in [0.29, 0.717) is 6.61 Å². The largest absolute Gasteiger partial charge is 0.372 e. The monoisotopic (exact) mass is 273 g/mol. The molecule has 19 heavy (non-hydrogen) atoms. The number of pyridine rings is 1. The molecular weight excluding hydrogens is 258 g/mol. The number of hydrogen-bond acceptors (Lipinski definition) is 4. The molecule has 3 aromatic rings. The van der Waals surface area contributed by atoms with Gasteiger partial charge in [-0.3, -0.25) is 0 Å². The Morgan fingerprint density at radius 2 is 2.32 bits per heavy atom. The SMILES string of the molecule is CC(C)OCc1nc(-c2c[nH]c3ncccc23)cs1. The average molecular weight is 273 g/mol. The molecule has 0 spiro atoms. The van der Waals surface area contributed by atoms with Crippen LogP contribution in [0.2, 0.25) is 0 Å². The second-order valence-corrected chi connectivity index (χ2v) is 5.53. The second-order valence-electron chi connectivity index (χ2n) is 4.59. The molecule has 0 fully saturated rings. The fourth-order valence-corrected chi connectivity index (χ4v) is 2.62. The molecule has 0 saturated carbocycles. The van der Waals surface area contributed by atoms with Crippen LogP contribution in [-0.4, -0.2) is 21.1 Å². The highest BCUT2D eigenvalue weighted by atomic mass is 32.1. The first-order chi connectivity index (χ1) is 9.24.